The van der Waals surface area contributed by atoms with Crippen molar-refractivity contribution in [1.29, 1.82) is 0 Å². The van der Waals surface area contributed by atoms with Crippen LogP contribution in [0.4, 0.5) is 4.39 Å². The van der Waals surface area contributed by atoms with Crippen molar-refractivity contribution in [2.75, 3.05) is 13.7 Å². The third kappa shape index (κ3) is 2.72. The third-order valence-corrected chi connectivity index (χ3v) is 3.36. The molecule has 0 amide bonds. The summed E-state index contributed by atoms with van der Waals surface area (Å²) in [6.07, 6.45) is 5.71. The molecule has 0 aliphatic heterocycles. The van der Waals surface area contributed by atoms with Gasteiger partial charge in [-0.2, -0.15) is 0 Å². The highest BCUT2D eigenvalue weighted by Gasteiger charge is 2.19. The van der Waals surface area contributed by atoms with Crippen LogP contribution in [-0.4, -0.2) is 13.7 Å². The van der Waals surface area contributed by atoms with Crippen molar-refractivity contribution in [3.63, 3.8) is 0 Å². The Morgan fingerprint density at radius 1 is 1.44 bits per heavy atom. The Morgan fingerprint density at radius 2 is 2.28 bits per heavy atom. The molecule has 98 valence electrons. The Balaban J connectivity index is 2.27. The third-order valence-electron chi connectivity index (χ3n) is 3.36. The molecule has 0 bridgehead atoms. The van der Waals surface area contributed by atoms with Gasteiger partial charge in [0, 0.05) is 0 Å². The average Bonchev–Trinajstić information content (AvgIpc) is 2.89. The second kappa shape index (κ2) is 6.01. The number of ether oxygens (including phenoxy) is 1. The van der Waals surface area contributed by atoms with Gasteiger partial charge in [0.2, 0.25) is 0 Å². The lowest BCUT2D eigenvalue weighted by Gasteiger charge is -2.20. The Labute approximate surface area is 108 Å². The smallest absolute Gasteiger partial charge is 0.165 e. The molecule has 0 radical (unpaired) electrons. The molecule has 1 aromatic rings. The summed E-state index contributed by atoms with van der Waals surface area (Å²) in [5, 5.41) is 3.43. The summed E-state index contributed by atoms with van der Waals surface area (Å²) in [4.78, 5) is 0. The van der Waals surface area contributed by atoms with Crippen molar-refractivity contribution in [3.8, 4) is 5.75 Å². The fraction of sp³-hybridized carbons (Fsp3) is 0.467. The highest BCUT2D eigenvalue weighted by Crippen LogP contribution is 2.32. The molecule has 3 heteroatoms. The first-order valence-corrected chi connectivity index (χ1v) is 6.52. The first kappa shape index (κ1) is 13.1. The van der Waals surface area contributed by atoms with Crippen molar-refractivity contribution >= 4 is 0 Å². The molecule has 1 aliphatic rings. The van der Waals surface area contributed by atoms with E-state index in [4.69, 9.17) is 4.74 Å². The van der Waals surface area contributed by atoms with Gasteiger partial charge in [-0.05, 0) is 43.5 Å². The van der Waals surface area contributed by atoms with Crippen LogP contribution in [0.15, 0.2) is 29.8 Å². The largest absolute Gasteiger partial charge is 0.494 e. The lowest BCUT2D eigenvalue weighted by Crippen LogP contribution is -2.22. The molecular formula is C15H20FNO. The minimum atomic E-state index is -0.295. The Hall–Kier alpha value is -1.35. The maximum absolute atomic E-state index is 13.8. The van der Waals surface area contributed by atoms with Crippen LogP contribution in [0.3, 0.4) is 0 Å². The summed E-state index contributed by atoms with van der Waals surface area (Å²) in [5.74, 6) is 0.00546. The first-order chi connectivity index (χ1) is 8.76. The summed E-state index contributed by atoms with van der Waals surface area (Å²) in [6, 6.07) is 5.35. The van der Waals surface area contributed by atoms with Crippen LogP contribution in [0.25, 0.3) is 0 Å². The predicted octanol–water partition coefficient (Wildman–Crippen LogP) is 3.60. The molecule has 18 heavy (non-hydrogen) atoms. The van der Waals surface area contributed by atoms with Crippen LogP contribution in [0.2, 0.25) is 0 Å². The molecule has 1 unspecified atom stereocenters. The minimum Gasteiger partial charge on any atom is -0.494 e. The highest BCUT2D eigenvalue weighted by molar-refractivity contribution is 5.35. The van der Waals surface area contributed by atoms with Gasteiger partial charge in [0.1, 0.15) is 0 Å². The van der Waals surface area contributed by atoms with E-state index in [0.717, 1.165) is 24.9 Å². The second-order valence-corrected chi connectivity index (χ2v) is 4.56. The van der Waals surface area contributed by atoms with Gasteiger partial charge in [-0.3, -0.25) is 0 Å². The summed E-state index contributed by atoms with van der Waals surface area (Å²) in [6.45, 7) is 2.94. The van der Waals surface area contributed by atoms with E-state index in [1.165, 1.54) is 19.1 Å². The number of nitrogens with one attached hydrogen (secondary N) is 1. The summed E-state index contributed by atoms with van der Waals surface area (Å²) in [7, 11) is 1.49. The normalized spacial score (nSPS) is 16.5. The zero-order valence-corrected chi connectivity index (χ0v) is 11.0. The van der Waals surface area contributed by atoms with Crippen LogP contribution in [0.1, 0.15) is 37.8 Å². The molecule has 0 saturated heterocycles. The Bertz CT molecular complexity index is 442. The van der Waals surface area contributed by atoms with Crippen LogP contribution in [-0.2, 0) is 0 Å². The molecule has 2 nitrogen and oxygen atoms in total. The van der Waals surface area contributed by atoms with Gasteiger partial charge in [-0.25, -0.2) is 4.39 Å². The number of allylic oxidation sites excluding steroid dienone is 1. The van der Waals surface area contributed by atoms with Gasteiger partial charge in [0.15, 0.2) is 11.6 Å². The highest BCUT2D eigenvalue weighted by atomic mass is 19.1. The Kier molecular flexibility index (Phi) is 4.37. The summed E-state index contributed by atoms with van der Waals surface area (Å²) < 4.78 is 18.7. The quantitative estimate of drug-likeness (QED) is 0.805. The van der Waals surface area contributed by atoms with Gasteiger partial charge >= 0.3 is 0 Å². The van der Waals surface area contributed by atoms with E-state index in [2.05, 4.69) is 18.3 Å². The van der Waals surface area contributed by atoms with Crippen molar-refractivity contribution in [2.24, 2.45) is 0 Å². The van der Waals surface area contributed by atoms with E-state index >= 15 is 0 Å². The molecule has 1 aromatic carbocycles. The van der Waals surface area contributed by atoms with Gasteiger partial charge in [-0.15, -0.1) is 0 Å². The topological polar surface area (TPSA) is 21.3 Å². The van der Waals surface area contributed by atoms with Crippen molar-refractivity contribution in [3.05, 3.63) is 41.2 Å². The predicted molar refractivity (Wildman–Crippen MR) is 71.3 cm³/mol. The average molecular weight is 249 g/mol. The molecule has 0 saturated carbocycles. The molecular weight excluding hydrogens is 229 g/mol. The molecule has 2 rings (SSSR count). The number of hydrogen-bond acceptors (Lipinski definition) is 2. The van der Waals surface area contributed by atoms with Crippen LogP contribution < -0.4 is 10.1 Å². The SMILES string of the molecule is CCNC(C1=CCCC1)c1ccc(OC)c(F)c1. The van der Waals surface area contributed by atoms with Crippen LogP contribution in [0, 0.1) is 5.82 Å². The molecule has 0 heterocycles. The lowest BCUT2D eigenvalue weighted by molar-refractivity contribution is 0.385. The molecule has 1 atom stereocenters. The van der Waals surface area contributed by atoms with Crippen LogP contribution in [0.5, 0.6) is 5.75 Å². The van der Waals surface area contributed by atoms with E-state index in [-0.39, 0.29) is 11.9 Å². The van der Waals surface area contributed by atoms with Gasteiger partial charge in [-0.1, -0.05) is 24.6 Å². The minimum absolute atomic E-state index is 0.137. The second-order valence-electron chi connectivity index (χ2n) is 4.56. The zero-order chi connectivity index (χ0) is 13.0. The summed E-state index contributed by atoms with van der Waals surface area (Å²) in [5.41, 5.74) is 2.35. The first-order valence-electron chi connectivity index (χ1n) is 6.52. The standard InChI is InChI=1S/C15H20FNO/c1-3-17-15(11-6-4-5-7-11)12-8-9-14(18-2)13(16)10-12/h6,8-10,15,17H,3-5,7H2,1-2H3. The van der Waals surface area contributed by atoms with Gasteiger partial charge < -0.3 is 10.1 Å². The maximum atomic E-state index is 13.8. The fourth-order valence-electron chi connectivity index (χ4n) is 2.49. The van der Waals surface area contributed by atoms with Crippen molar-refractivity contribution < 1.29 is 9.13 Å². The van der Waals surface area contributed by atoms with E-state index in [9.17, 15) is 4.39 Å². The maximum Gasteiger partial charge on any atom is 0.165 e. The number of benzene rings is 1. The lowest BCUT2D eigenvalue weighted by atomic mass is 9.98. The number of rotatable bonds is 5. The summed E-state index contributed by atoms with van der Waals surface area (Å²) >= 11 is 0. The number of hydrogen-bond donors (Lipinski definition) is 1. The number of likely N-dealkylation sites (N-methyl/N-ethyl adjacent to an activating group) is 1. The van der Waals surface area contributed by atoms with Crippen LogP contribution >= 0.6 is 0 Å². The zero-order valence-electron chi connectivity index (χ0n) is 11.0. The Morgan fingerprint density at radius 3 is 2.83 bits per heavy atom. The molecule has 0 spiro atoms. The number of methoxy groups -OCH3 is 1. The van der Waals surface area contributed by atoms with Gasteiger partial charge in [0.25, 0.3) is 0 Å². The van der Waals surface area contributed by atoms with Crippen molar-refractivity contribution in [1.82, 2.24) is 5.32 Å². The van der Waals surface area contributed by atoms with E-state index in [1.807, 2.05) is 6.07 Å². The van der Waals surface area contributed by atoms with E-state index in [1.54, 1.807) is 12.1 Å². The fourth-order valence-corrected chi connectivity index (χ4v) is 2.49. The van der Waals surface area contributed by atoms with Crippen molar-refractivity contribution in [2.45, 2.75) is 32.2 Å². The molecule has 1 N–H and O–H groups in total. The molecule has 0 aromatic heterocycles. The monoisotopic (exact) mass is 249 g/mol. The van der Waals surface area contributed by atoms with E-state index < -0.39 is 0 Å². The molecule has 0 fully saturated rings. The number of halogens is 1. The van der Waals surface area contributed by atoms with Gasteiger partial charge in [0.05, 0.1) is 13.2 Å². The molecule has 1 aliphatic carbocycles. The van der Waals surface area contributed by atoms with E-state index in [0.29, 0.717) is 5.75 Å².